The van der Waals surface area contributed by atoms with Gasteiger partial charge in [-0.25, -0.2) is 4.79 Å². The molecule has 6 atom stereocenters. The summed E-state index contributed by atoms with van der Waals surface area (Å²) in [6.07, 6.45) is 41.1. The minimum atomic E-state index is -1.60. The zero-order valence-corrected chi connectivity index (χ0v) is 39.2. The lowest BCUT2D eigenvalue weighted by molar-refractivity contribution is -0.305. The number of carbonyl (C=O) groups excluding carboxylic acids is 2. The molecule has 10 nitrogen and oxygen atoms in total. The molecule has 1 saturated heterocycles. The van der Waals surface area contributed by atoms with Gasteiger partial charge in [0.25, 0.3) is 0 Å². The van der Waals surface area contributed by atoms with Crippen LogP contribution in [0, 0.1) is 0 Å². The van der Waals surface area contributed by atoms with Crippen molar-refractivity contribution in [3.05, 3.63) is 24.3 Å². The van der Waals surface area contributed by atoms with Gasteiger partial charge in [-0.1, -0.05) is 225 Å². The van der Waals surface area contributed by atoms with Gasteiger partial charge in [-0.15, -0.1) is 0 Å². The number of carbonyl (C=O) groups is 2. The third kappa shape index (κ3) is 33.4. The zero-order valence-electron chi connectivity index (χ0n) is 39.2. The molecule has 0 aromatic rings. The van der Waals surface area contributed by atoms with Crippen LogP contribution in [0.25, 0.3) is 0 Å². The number of aliphatic hydroxyl groups is 4. The SMILES string of the molecule is CCCCCCCCCCCCC/C=C/C=C/C(=O)OC[C@H](CO[C@@H]1O[C@H](CO)[C@H](O)C(O)C1O)OC(=O)CCCCCCCCCCCCCCCCCCCCCCC. The lowest BCUT2D eigenvalue weighted by Crippen LogP contribution is -2.59. The predicted octanol–water partition coefficient (Wildman–Crippen LogP) is 11.7. The standard InChI is InChI=1S/C51H94O10/c1-3-5-7-9-11-13-15-17-19-20-21-22-23-24-26-28-30-32-34-36-38-40-47(54)60-44(43-59-51-50(57)49(56)48(55)45(41-52)61-51)42-58-46(53)39-37-35-33-31-29-27-25-18-16-14-12-10-8-6-4-2/h33,35,37,39,44-45,48-52,55-57H,3-32,34,36,38,40-43H2,1-2H3/b35-33+,39-37+/t44-,45-,48+,49?,50?,51-/m1/s1. The van der Waals surface area contributed by atoms with Crippen LogP contribution in [-0.4, -0.2) is 89.0 Å². The van der Waals surface area contributed by atoms with E-state index in [0.29, 0.717) is 6.42 Å². The van der Waals surface area contributed by atoms with E-state index in [0.717, 1.165) is 32.1 Å². The number of aliphatic hydroxyl groups excluding tert-OH is 4. The first kappa shape index (κ1) is 57.2. The average molecular weight is 867 g/mol. The van der Waals surface area contributed by atoms with Crippen LogP contribution in [0.2, 0.25) is 0 Å². The zero-order chi connectivity index (χ0) is 44.4. The lowest BCUT2D eigenvalue weighted by Gasteiger charge is -2.39. The van der Waals surface area contributed by atoms with Gasteiger partial charge in [0.1, 0.15) is 31.0 Å². The number of unbranched alkanes of at least 4 members (excludes halogenated alkanes) is 31. The van der Waals surface area contributed by atoms with Crippen molar-refractivity contribution < 1.29 is 49.0 Å². The minimum absolute atomic E-state index is 0.216. The van der Waals surface area contributed by atoms with Crippen LogP contribution in [-0.2, 0) is 28.5 Å². The van der Waals surface area contributed by atoms with Crippen molar-refractivity contribution in [2.24, 2.45) is 0 Å². The first-order valence-corrected chi connectivity index (χ1v) is 25.5. The summed E-state index contributed by atoms with van der Waals surface area (Å²) in [6, 6.07) is 0. The smallest absolute Gasteiger partial charge is 0.330 e. The number of ether oxygens (including phenoxy) is 4. The highest BCUT2D eigenvalue weighted by Gasteiger charge is 2.44. The Morgan fingerprint density at radius 2 is 0.967 bits per heavy atom. The first-order valence-electron chi connectivity index (χ1n) is 25.5. The van der Waals surface area contributed by atoms with E-state index in [-0.39, 0.29) is 19.6 Å². The van der Waals surface area contributed by atoms with Gasteiger partial charge < -0.3 is 39.4 Å². The summed E-state index contributed by atoms with van der Waals surface area (Å²) in [4.78, 5) is 25.3. The maximum atomic E-state index is 12.8. The molecular weight excluding hydrogens is 773 g/mol. The normalized spacial score (nSPS) is 19.9. The Labute approximate surface area is 373 Å². The second kappa shape index (κ2) is 42.1. The van der Waals surface area contributed by atoms with Crippen molar-refractivity contribution in [1.82, 2.24) is 0 Å². The number of esters is 2. The molecule has 61 heavy (non-hydrogen) atoms. The monoisotopic (exact) mass is 867 g/mol. The maximum Gasteiger partial charge on any atom is 0.330 e. The van der Waals surface area contributed by atoms with E-state index in [1.54, 1.807) is 6.08 Å². The summed E-state index contributed by atoms with van der Waals surface area (Å²) in [5.74, 6) is -1.05. The van der Waals surface area contributed by atoms with E-state index >= 15 is 0 Å². The fourth-order valence-corrected chi connectivity index (χ4v) is 7.93. The quantitative estimate of drug-likeness (QED) is 0.0202. The molecule has 0 aromatic carbocycles. The molecule has 0 amide bonds. The van der Waals surface area contributed by atoms with Crippen molar-refractivity contribution in [1.29, 1.82) is 0 Å². The van der Waals surface area contributed by atoms with Crippen LogP contribution in [0.3, 0.4) is 0 Å². The summed E-state index contributed by atoms with van der Waals surface area (Å²) in [5, 5.41) is 40.1. The summed E-state index contributed by atoms with van der Waals surface area (Å²) >= 11 is 0. The number of allylic oxidation sites excluding steroid dienone is 3. The molecule has 1 aliphatic heterocycles. The van der Waals surface area contributed by atoms with E-state index in [1.165, 1.54) is 179 Å². The molecule has 0 bridgehead atoms. The number of hydrogen-bond acceptors (Lipinski definition) is 10. The molecule has 1 aliphatic rings. The van der Waals surface area contributed by atoms with Gasteiger partial charge in [-0.05, 0) is 19.3 Å². The molecule has 2 unspecified atom stereocenters. The van der Waals surface area contributed by atoms with Crippen LogP contribution >= 0.6 is 0 Å². The van der Waals surface area contributed by atoms with Crippen LogP contribution < -0.4 is 0 Å². The highest BCUT2D eigenvalue weighted by atomic mass is 16.7. The van der Waals surface area contributed by atoms with Crippen molar-refractivity contribution in [3.8, 4) is 0 Å². The first-order chi connectivity index (χ1) is 29.8. The Hall–Kier alpha value is -1.82. The summed E-state index contributed by atoms with van der Waals surface area (Å²) in [6.45, 7) is 3.34. The van der Waals surface area contributed by atoms with E-state index in [4.69, 9.17) is 18.9 Å². The van der Waals surface area contributed by atoms with Gasteiger partial charge in [-0.2, -0.15) is 0 Å². The molecule has 10 heteroatoms. The van der Waals surface area contributed by atoms with Crippen LogP contribution in [0.1, 0.15) is 232 Å². The Balaban J connectivity index is 2.28. The Morgan fingerprint density at radius 3 is 1.41 bits per heavy atom. The van der Waals surface area contributed by atoms with Crippen molar-refractivity contribution in [2.75, 3.05) is 19.8 Å². The lowest BCUT2D eigenvalue weighted by atomic mass is 9.99. The number of rotatable bonds is 43. The number of hydrogen-bond donors (Lipinski definition) is 4. The van der Waals surface area contributed by atoms with Gasteiger partial charge >= 0.3 is 11.9 Å². The van der Waals surface area contributed by atoms with E-state index in [2.05, 4.69) is 13.8 Å². The van der Waals surface area contributed by atoms with Gasteiger partial charge in [0.15, 0.2) is 12.4 Å². The van der Waals surface area contributed by atoms with Crippen molar-refractivity contribution in [2.45, 2.75) is 269 Å². The second-order valence-corrected chi connectivity index (χ2v) is 17.7. The van der Waals surface area contributed by atoms with Crippen LogP contribution in [0.5, 0.6) is 0 Å². The van der Waals surface area contributed by atoms with Gasteiger partial charge in [-0.3, -0.25) is 4.79 Å². The van der Waals surface area contributed by atoms with Crippen LogP contribution in [0.15, 0.2) is 24.3 Å². The fraction of sp³-hybridized carbons (Fsp3) is 0.882. The molecule has 4 N–H and O–H groups in total. The molecule has 358 valence electrons. The Morgan fingerprint density at radius 1 is 0.541 bits per heavy atom. The minimum Gasteiger partial charge on any atom is -0.458 e. The third-order valence-electron chi connectivity index (χ3n) is 11.9. The van der Waals surface area contributed by atoms with Crippen molar-refractivity contribution in [3.63, 3.8) is 0 Å². The summed E-state index contributed by atoms with van der Waals surface area (Å²) < 4.78 is 22.1. The highest BCUT2D eigenvalue weighted by Crippen LogP contribution is 2.23. The molecule has 0 spiro atoms. The van der Waals surface area contributed by atoms with E-state index < -0.39 is 55.4 Å². The van der Waals surface area contributed by atoms with Gasteiger partial charge in [0.05, 0.1) is 13.2 Å². The molecule has 0 saturated carbocycles. The highest BCUT2D eigenvalue weighted by molar-refractivity contribution is 5.82. The van der Waals surface area contributed by atoms with E-state index in [9.17, 15) is 30.0 Å². The van der Waals surface area contributed by atoms with Crippen molar-refractivity contribution >= 4 is 11.9 Å². The molecule has 1 rings (SSSR count). The molecular formula is C51H94O10. The molecule has 0 aliphatic carbocycles. The van der Waals surface area contributed by atoms with Gasteiger partial charge in [0, 0.05) is 12.5 Å². The fourth-order valence-electron chi connectivity index (χ4n) is 7.93. The van der Waals surface area contributed by atoms with Crippen LogP contribution in [0.4, 0.5) is 0 Å². The summed E-state index contributed by atoms with van der Waals surface area (Å²) in [7, 11) is 0. The molecule has 0 aromatic heterocycles. The topological polar surface area (TPSA) is 152 Å². The second-order valence-electron chi connectivity index (χ2n) is 17.7. The molecule has 0 radical (unpaired) electrons. The third-order valence-corrected chi connectivity index (χ3v) is 11.9. The largest absolute Gasteiger partial charge is 0.458 e. The maximum absolute atomic E-state index is 12.8. The Bertz CT molecular complexity index is 1050. The predicted molar refractivity (Wildman–Crippen MR) is 247 cm³/mol. The average Bonchev–Trinajstić information content (AvgIpc) is 3.26. The summed E-state index contributed by atoms with van der Waals surface area (Å²) in [5.41, 5.74) is 0. The van der Waals surface area contributed by atoms with E-state index in [1.807, 2.05) is 12.2 Å². The molecule has 1 heterocycles. The Kier molecular flexibility index (Phi) is 39.5. The van der Waals surface area contributed by atoms with Gasteiger partial charge in [0.2, 0.25) is 0 Å². The molecule has 1 fully saturated rings.